The number of anilines is 1. The van der Waals surface area contributed by atoms with E-state index in [9.17, 15) is 9.59 Å². The number of methoxy groups -OCH3 is 1. The molecule has 4 aromatic rings. The van der Waals surface area contributed by atoms with Gasteiger partial charge in [0.25, 0.3) is 0 Å². The van der Waals surface area contributed by atoms with Gasteiger partial charge < -0.3 is 14.8 Å². The highest BCUT2D eigenvalue weighted by Gasteiger charge is 2.25. The minimum Gasteiger partial charge on any atom is -0.497 e. The quantitative estimate of drug-likeness (QED) is 0.301. The summed E-state index contributed by atoms with van der Waals surface area (Å²) in [6.45, 7) is 9.07. The van der Waals surface area contributed by atoms with Crippen LogP contribution < -0.4 is 14.8 Å². The van der Waals surface area contributed by atoms with Crippen molar-refractivity contribution in [2.75, 3.05) is 12.4 Å². The Morgan fingerprint density at radius 2 is 1.57 bits per heavy atom. The van der Waals surface area contributed by atoms with Crippen molar-refractivity contribution in [3.63, 3.8) is 0 Å². The highest BCUT2D eigenvalue weighted by atomic mass is 16.5. The summed E-state index contributed by atoms with van der Waals surface area (Å²) in [4.78, 5) is 24.4. The molecule has 0 saturated carbocycles. The number of benzene rings is 3. The maximum atomic E-state index is 12.3. The van der Waals surface area contributed by atoms with E-state index in [2.05, 4.69) is 5.32 Å². The Kier molecular flexibility index (Phi) is 7.43. The van der Waals surface area contributed by atoms with Gasteiger partial charge in [-0.3, -0.25) is 9.59 Å². The third-order valence-corrected chi connectivity index (χ3v) is 6.01. The summed E-state index contributed by atoms with van der Waals surface area (Å²) >= 11 is 0. The molecule has 0 fully saturated rings. The molecule has 37 heavy (non-hydrogen) atoms. The lowest BCUT2D eigenvalue weighted by Crippen LogP contribution is -2.17. The number of amides is 1. The van der Waals surface area contributed by atoms with Gasteiger partial charge in [-0.25, -0.2) is 0 Å². The van der Waals surface area contributed by atoms with E-state index in [1.54, 1.807) is 11.8 Å². The van der Waals surface area contributed by atoms with Gasteiger partial charge in [-0.1, -0.05) is 38.1 Å². The molecule has 1 heterocycles. The zero-order valence-electron chi connectivity index (χ0n) is 22.0. The van der Waals surface area contributed by atoms with Crippen LogP contribution in [0.15, 0.2) is 66.7 Å². The Hall–Kier alpha value is -4.39. The van der Waals surface area contributed by atoms with Crippen LogP contribution in [0.3, 0.4) is 0 Å². The predicted octanol–water partition coefficient (Wildman–Crippen LogP) is 6.35. The third-order valence-electron chi connectivity index (χ3n) is 6.01. The monoisotopic (exact) mass is 497 g/mol. The second-order valence-corrected chi connectivity index (χ2v) is 9.27. The minimum absolute atomic E-state index is 0.0602. The van der Waals surface area contributed by atoms with Gasteiger partial charge in [0.2, 0.25) is 11.8 Å². The molecule has 0 bridgehead atoms. The summed E-state index contributed by atoms with van der Waals surface area (Å²) in [6.07, 6.45) is 0. The van der Waals surface area contributed by atoms with Gasteiger partial charge in [0.1, 0.15) is 11.4 Å². The number of hydrogen-bond donors (Lipinski definition) is 1. The van der Waals surface area contributed by atoms with Crippen LogP contribution in [0, 0.1) is 19.8 Å². The van der Waals surface area contributed by atoms with Crippen LogP contribution in [0.25, 0.3) is 28.1 Å². The molecule has 3 aromatic carbocycles. The van der Waals surface area contributed by atoms with Crippen LogP contribution in [-0.4, -0.2) is 28.8 Å². The van der Waals surface area contributed by atoms with Crippen molar-refractivity contribution >= 4 is 17.6 Å². The number of hydrogen-bond acceptors (Lipinski definition) is 5. The minimum atomic E-state index is -0.449. The van der Waals surface area contributed by atoms with Crippen LogP contribution >= 0.6 is 0 Å². The number of aromatic nitrogens is 2. The third kappa shape index (κ3) is 5.56. The number of rotatable bonds is 7. The molecule has 1 amide bonds. The lowest BCUT2D eigenvalue weighted by Gasteiger charge is -2.12. The van der Waals surface area contributed by atoms with E-state index in [-0.39, 0.29) is 11.8 Å². The number of carbonyl (C=O) groups excluding carboxylic acids is 2. The first kappa shape index (κ1) is 25.7. The van der Waals surface area contributed by atoms with E-state index in [0.717, 1.165) is 33.7 Å². The summed E-state index contributed by atoms with van der Waals surface area (Å²) in [5, 5.41) is 7.87. The lowest BCUT2D eigenvalue weighted by molar-refractivity contribution is -0.132. The van der Waals surface area contributed by atoms with Crippen molar-refractivity contribution in [2.24, 2.45) is 5.92 Å². The van der Waals surface area contributed by atoms with Crippen molar-refractivity contribution < 1.29 is 19.1 Å². The smallest absolute Gasteiger partial charge is 0.309 e. The van der Waals surface area contributed by atoms with Crippen molar-refractivity contribution in [1.29, 1.82) is 0 Å². The molecule has 190 valence electrons. The van der Waals surface area contributed by atoms with Gasteiger partial charge >= 0.3 is 5.97 Å². The Morgan fingerprint density at radius 1 is 0.919 bits per heavy atom. The van der Waals surface area contributed by atoms with Gasteiger partial charge in [-0.2, -0.15) is 9.78 Å². The molecule has 7 heteroatoms. The van der Waals surface area contributed by atoms with Crippen molar-refractivity contribution in [3.8, 4) is 39.7 Å². The summed E-state index contributed by atoms with van der Waals surface area (Å²) in [5.41, 5.74) is 6.50. The number of aryl methyl sites for hydroxylation is 2. The van der Waals surface area contributed by atoms with E-state index >= 15 is 0 Å². The van der Waals surface area contributed by atoms with Gasteiger partial charge in [-0.15, -0.1) is 0 Å². The molecular formula is C30H31N3O4. The average molecular weight is 498 g/mol. The highest BCUT2D eigenvalue weighted by molar-refractivity contribution is 5.93. The molecule has 1 aromatic heterocycles. The first-order valence-electron chi connectivity index (χ1n) is 12.1. The van der Waals surface area contributed by atoms with Crippen molar-refractivity contribution in [2.45, 2.75) is 34.6 Å². The second kappa shape index (κ2) is 10.7. The topological polar surface area (TPSA) is 82.4 Å². The van der Waals surface area contributed by atoms with Crippen LogP contribution in [-0.2, 0) is 9.59 Å². The Labute approximate surface area is 217 Å². The molecule has 7 nitrogen and oxygen atoms in total. The standard InChI is InChI=1S/C30H31N3O4/c1-18(2)29(35)31-24-13-9-22(10-14-24)27-28(23-11-15-25(36-6)16-12-23)32-33(30(27)37-21(5)34)26-17-19(3)7-8-20(26)4/h7-18H,1-6H3,(H,31,35). The first-order chi connectivity index (χ1) is 17.7. The van der Waals surface area contributed by atoms with E-state index in [1.807, 2.05) is 94.4 Å². The van der Waals surface area contributed by atoms with E-state index in [4.69, 9.17) is 14.6 Å². The van der Waals surface area contributed by atoms with Crippen molar-refractivity contribution in [3.05, 3.63) is 77.9 Å². The molecule has 4 rings (SSSR count). The highest BCUT2D eigenvalue weighted by Crippen LogP contribution is 2.42. The maximum Gasteiger partial charge on any atom is 0.309 e. The summed E-state index contributed by atoms with van der Waals surface area (Å²) in [6, 6.07) is 21.1. The van der Waals surface area contributed by atoms with Crippen LogP contribution in [0.5, 0.6) is 11.6 Å². The second-order valence-electron chi connectivity index (χ2n) is 9.27. The van der Waals surface area contributed by atoms with Gasteiger partial charge in [0.15, 0.2) is 0 Å². The van der Waals surface area contributed by atoms with Crippen molar-refractivity contribution in [1.82, 2.24) is 9.78 Å². The summed E-state index contributed by atoms with van der Waals surface area (Å²) in [7, 11) is 1.62. The molecule has 1 N–H and O–H groups in total. The van der Waals surface area contributed by atoms with Gasteiger partial charge in [0, 0.05) is 24.1 Å². The average Bonchev–Trinajstić information content (AvgIpc) is 3.24. The van der Waals surface area contributed by atoms with Gasteiger partial charge in [-0.05, 0) is 73.0 Å². The van der Waals surface area contributed by atoms with Crippen LogP contribution in [0.1, 0.15) is 31.9 Å². The Balaban J connectivity index is 1.95. The van der Waals surface area contributed by atoms with E-state index < -0.39 is 5.97 Å². The van der Waals surface area contributed by atoms with Gasteiger partial charge in [0.05, 0.1) is 18.4 Å². The molecular weight excluding hydrogens is 466 g/mol. The molecule has 0 spiro atoms. The molecule has 0 unspecified atom stereocenters. The fraction of sp³-hybridized carbons (Fsp3) is 0.233. The predicted molar refractivity (Wildman–Crippen MR) is 145 cm³/mol. The zero-order chi connectivity index (χ0) is 26.7. The van der Waals surface area contributed by atoms with E-state index in [1.165, 1.54) is 6.92 Å². The molecule has 0 radical (unpaired) electrons. The molecule has 0 saturated heterocycles. The fourth-order valence-electron chi connectivity index (χ4n) is 3.96. The van der Waals surface area contributed by atoms with Crippen LogP contribution in [0.4, 0.5) is 5.69 Å². The molecule has 0 aliphatic heterocycles. The zero-order valence-corrected chi connectivity index (χ0v) is 22.0. The normalized spacial score (nSPS) is 10.9. The molecule has 0 atom stereocenters. The molecule has 0 aliphatic rings. The lowest BCUT2D eigenvalue weighted by atomic mass is 10.0. The number of carbonyl (C=O) groups is 2. The number of esters is 1. The summed E-state index contributed by atoms with van der Waals surface area (Å²) < 4.78 is 12.8. The number of ether oxygens (including phenoxy) is 2. The first-order valence-corrected chi connectivity index (χ1v) is 12.1. The van der Waals surface area contributed by atoms with Crippen LogP contribution in [0.2, 0.25) is 0 Å². The fourth-order valence-corrected chi connectivity index (χ4v) is 3.96. The Morgan fingerprint density at radius 3 is 2.16 bits per heavy atom. The number of nitrogens with zero attached hydrogens (tertiary/aromatic N) is 2. The molecule has 0 aliphatic carbocycles. The maximum absolute atomic E-state index is 12.3. The SMILES string of the molecule is COc1ccc(-c2nn(-c3cc(C)ccc3C)c(OC(C)=O)c2-c2ccc(NC(=O)C(C)C)cc2)cc1. The number of nitrogens with one attached hydrogen (secondary N) is 1. The largest absolute Gasteiger partial charge is 0.497 e. The van der Waals surface area contributed by atoms with E-state index in [0.29, 0.717) is 22.8 Å². The summed E-state index contributed by atoms with van der Waals surface area (Å²) in [5.74, 6) is 0.410. The Bertz CT molecular complexity index is 1440.